The number of carbonyl (C=O) groups excluding carboxylic acids is 1. The lowest BCUT2D eigenvalue weighted by Crippen LogP contribution is -2.40. The average molecular weight is 439 g/mol. The van der Waals surface area contributed by atoms with Crippen LogP contribution >= 0.6 is 11.6 Å². The van der Waals surface area contributed by atoms with Crippen LogP contribution in [0.5, 0.6) is 0 Å². The van der Waals surface area contributed by atoms with Crippen LogP contribution in [-0.4, -0.2) is 16.0 Å². The molecule has 156 valence electrons. The third kappa shape index (κ3) is 2.63. The number of anilines is 1. The molecule has 0 saturated carbocycles. The lowest BCUT2D eigenvalue weighted by atomic mass is 9.87. The van der Waals surface area contributed by atoms with Crippen molar-refractivity contribution in [1.29, 1.82) is 0 Å². The van der Waals surface area contributed by atoms with E-state index >= 15 is 0 Å². The van der Waals surface area contributed by atoms with Gasteiger partial charge in [0.25, 0.3) is 5.91 Å². The molecular weight excluding hydrogens is 420 g/mol. The van der Waals surface area contributed by atoms with E-state index in [1.165, 1.54) is 0 Å². The second-order valence-corrected chi connectivity index (χ2v) is 8.59. The first kappa shape index (κ1) is 19.1. The van der Waals surface area contributed by atoms with Gasteiger partial charge in [0.05, 0.1) is 12.2 Å². The molecule has 5 aromatic rings. The highest BCUT2D eigenvalue weighted by Crippen LogP contribution is 2.48. The maximum absolute atomic E-state index is 13.9. The molecule has 0 spiro atoms. The van der Waals surface area contributed by atoms with Crippen molar-refractivity contribution in [3.63, 3.8) is 0 Å². The van der Waals surface area contributed by atoms with Crippen LogP contribution < -0.4 is 4.90 Å². The molecule has 1 aliphatic heterocycles. The third-order valence-corrected chi connectivity index (χ3v) is 6.62. The van der Waals surface area contributed by atoms with Crippen molar-refractivity contribution < 1.29 is 9.90 Å². The molecule has 4 aromatic carbocycles. The van der Waals surface area contributed by atoms with Gasteiger partial charge in [-0.2, -0.15) is 0 Å². The molecule has 0 radical (unpaired) electrons. The summed E-state index contributed by atoms with van der Waals surface area (Å²) in [6.45, 7) is 0.347. The molecule has 1 atom stereocenters. The summed E-state index contributed by atoms with van der Waals surface area (Å²) in [5.41, 5.74) is 1.74. The number of nitrogens with one attached hydrogen (secondary N) is 1. The molecule has 5 heteroatoms. The molecule has 0 bridgehead atoms. The fourth-order valence-corrected chi connectivity index (χ4v) is 5.01. The summed E-state index contributed by atoms with van der Waals surface area (Å²) in [5.74, 6) is -0.382. The average Bonchev–Trinajstić information content (AvgIpc) is 3.34. The molecule has 1 aromatic heterocycles. The number of H-pyrrole nitrogens is 1. The second kappa shape index (κ2) is 6.95. The number of rotatable bonds is 3. The summed E-state index contributed by atoms with van der Waals surface area (Å²) in [5, 5.41) is 15.5. The summed E-state index contributed by atoms with van der Waals surface area (Å²) >= 11 is 6.32. The van der Waals surface area contributed by atoms with E-state index in [0.717, 1.165) is 27.2 Å². The molecule has 2 N–H and O–H groups in total. The number of para-hydroxylation sites is 1. The van der Waals surface area contributed by atoms with Crippen molar-refractivity contribution in [2.45, 2.75) is 12.1 Å². The zero-order valence-electron chi connectivity index (χ0n) is 17.0. The summed E-state index contributed by atoms with van der Waals surface area (Å²) in [4.78, 5) is 18.7. The third-order valence-electron chi connectivity index (χ3n) is 6.38. The molecule has 2 heterocycles. The van der Waals surface area contributed by atoms with Crippen LogP contribution in [0, 0.1) is 0 Å². The van der Waals surface area contributed by atoms with Gasteiger partial charge in [0.2, 0.25) is 0 Å². The first-order valence-corrected chi connectivity index (χ1v) is 10.8. The van der Waals surface area contributed by atoms with Gasteiger partial charge in [-0.15, -0.1) is 0 Å². The van der Waals surface area contributed by atoms with Crippen LogP contribution in [0.1, 0.15) is 16.7 Å². The Balaban J connectivity index is 1.54. The molecule has 1 amide bonds. The molecule has 0 aliphatic carbocycles. The Morgan fingerprint density at radius 2 is 1.62 bits per heavy atom. The lowest BCUT2D eigenvalue weighted by molar-refractivity contribution is -0.132. The van der Waals surface area contributed by atoms with E-state index in [-0.39, 0.29) is 5.91 Å². The Morgan fingerprint density at radius 1 is 0.875 bits per heavy atom. The van der Waals surface area contributed by atoms with Gasteiger partial charge in [-0.05, 0) is 40.6 Å². The van der Waals surface area contributed by atoms with Gasteiger partial charge >= 0.3 is 0 Å². The molecule has 0 saturated heterocycles. The zero-order valence-corrected chi connectivity index (χ0v) is 17.8. The van der Waals surface area contributed by atoms with E-state index in [2.05, 4.69) is 23.2 Å². The fourth-order valence-electron chi connectivity index (χ4n) is 4.84. The fraction of sp³-hybridized carbons (Fsp3) is 0.0741. The van der Waals surface area contributed by atoms with Crippen molar-refractivity contribution >= 4 is 44.9 Å². The number of benzene rings is 4. The van der Waals surface area contributed by atoms with Gasteiger partial charge in [-0.25, -0.2) is 0 Å². The topological polar surface area (TPSA) is 56.3 Å². The molecule has 4 nitrogen and oxygen atoms in total. The van der Waals surface area contributed by atoms with Crippen molar-refractivity contribution in [2.75, 3.05) is 4.90 Å². The number of aromatic nitrogens is 1. The number of nitrogens with zero attached hydrogens (tertiary/aromatic N) is 1. The number of aromatic amines is 1. The standard InChI is InChI=1S/C27H19ClN2O2/c28-19-12-13-25-22(14-19)27(32,23-15-29-24-11-4-3-10-21(23)24)26(31)30(25)16-18-8-5-7-17-6-1-2-9-20(17)18/h1-15,29,32H,16H2. The maximum atomic E-state index is 13.9. The quantitative estimate of drug-likeness (QED) is 0.376. The Morgan fingerprint density at radius 3 is 2.50 bits per heavy atom. The van der Waals surface area contributed by atoms with E-state index in [1.54, 1.807) is 23.2 Å². The van der Waals surface area contributed by atoms with E-state index < -0.39 is 5.60 Å². The van der Waals surface area contributed by atoms with E-state index in [0.29, 0.717) is 28.4 Å². The second-order valence-electron chi connectivity index (χ2n) is 8.15. The van der Waals surface area contributed by atoms with Crippen molar-refractivity contribution in [3.05, 3.63) is 113 Å². The smallest absolute Gasteiger partial charge is 0.268 e. The van der Waals surface area contributed by atoms with Crippen LogP contribution in [-0.2, 0) is 16.9 Å². The number of halogens is 1. The lowest BCUT2D eigenvalue weighted by Gasteiger charge is -2.23. The minimum atomic E-state index is -1.83. The Hall–Kier alpha value is -3.60. The minimum absolute atomic E-state index is 0.347. The highest BCUT2D eigenvalue weighted by atomic mass is 35.5. The molecular formula is C27H19ClN2O2. The predicted octanol–water partition coefficient (Wildman–Crippen LogP) is 5.76. The first-order valence-electron chi connectivity index (χ1n) is 10.4. The molecule has 1 aliphatic rings. The number of fused-ring (bicyclic) bond motifs is 3. The highest BCUT2D eigenvalue weighted by Gasteiger charge is 2.52. The monoisotopic (exact) mass is 438 g/mol. The van der Waals surface area contributed by atoms with Gasteiger partial charge in [-0.1, -0.05) is 72.3 Å². The molecule has 32 heavy (non-hydrogen) atoms. The van der Waals surface area contributed by atoms with Crippen LogP contribution in [0.25, 0.3) is 21.7 Å². The van der Waals surface area contributed by atoms with Gasteiger partial charge in [-0.3, -0.25) is 4.79 Å². The van der Waals surface area contributed by atoms with Crippen molar-refractivity contribution in [3.8, 4) is 0 Å². The summed E-state index contributed by atoms with van der Waals surface area (Å²) < 4.78 is 0. The van der Waals surface area contributed by atoms with Crippen LogP contribution in [0.4, 0.5) is 5.69 Å². The summed E-state index contributed by atoms with van der Waals surface area (Å²) in [7, 11) is 0. The normalized spacial score (nSPS) is 17.9. The van der Waals surface area contributed by atoms with Gasteiger partial charge in [0.1, 0.15) is 0 Å². The van der Waals surface area contributed by atoms with Gasteiger partial charge in [0.15, 0.2) is 5.60 Å². The number of amides is 1. The maximum Gasteiger partial charge on any atom is 0.268 e. The van der Waals surface area contributed by atoms with Crippen LogP contribution in [0.3, 0.4) is 0 Å². The predicted molar refractivity (Wildman–Crippen MR) is 128 cm³/mol. The van der Waals surface area contributed by atoms with E-state index in [4.69, 9.17) is 11.6 Å². The Bertz CT molecular complexity index is 1520. The SMILES string of the molecule is O=C1N(Cc2cccc3ccccc23)c2ccc(Cl)cc2C1(O)c1c[nH]c2ccccc12. The van der Waals surface area contributed by atoms with Crippen LogP contribution in [0.2, 0.25) is 5.02 Å². The zero-order chi connectivity index (χ0) is 21.9. The van der Waals surface area contributed by atoms with Crippen molar-refractivity contribution in [1.82, 2.24) is 4.98 Å². The largest absolute Gasteiger partial charge is 0.372 e. The van der Waals surface area contributed by atoms with Crippen molar-refractivity contribution in [2.24, 2.45) is 0 Å². The van der Waals surface area contributed by atoms with E-state index in [9.17, 15) is 9.90 Å². The number of hydrogen-bond acceptors (Lipinski definition) is 2. The number of aliphatic hydroxyl groups is 1. The Labute approximate surface area is 189 Å². The highest BCUT2D eigenvalue weighted by molar-refractivity contribution is 6.31. The summed E-state index contributed by atoms with van der Waals surface area (Å²) in [6.07, 6.45) is 1.72. The van der Waals surface area contributed by atoms with Crippen LogP contribution in [0.15, 0.2) is 91.1 Å². The number of carbonyl (C=O) groups is 1. The molecule has 1 unspecified atom stereocenters. The Kier molecular flexibility index (Phi) is 4.15. The minimum Gasteiger partial charge on any atom is -0.372 e. The van der Waals surface area contributed by atoms with E-state index in [1.807, 2.05) is 54.6 Å². The summed E-state index contributed by atoms with van der Waals surface area (Å²) in [6, 6.07) is 27.1. The first-order chi connectivity index (χ1) is 15.6. The molecule has 6 rings (SSSR count). The molecule has 0 fully saturated rings. The van der Waals surface area contributed by atoms with Gasteiger partial charge in [0, 0.05) is 33.2 Å². The number of hydrogen-bond donors (Lipinski definition) is 2. The van der Waals surface area contributed by atoms with Gasteiger partial charge < -0.3 is 15.0 Å².